The molecular weight excluding hydrogens is 266 g/mol. The van der Waals surface area contributed by atoms with Gasteiger partial charge in [-0.25, -0.2) is 0 Å². The molecule has 0 aliphatic carbocycles. The summed E-state index contributed by atoms with van der Waals surface area (Å²) in [6.45, 7) is 2.23. The van der Waals surface area contributed by atoms with Crippen LogP contribution in [0.25, 0.3) is 22.0 Å². The number of H-pyrrole nitrogens is 1. The molecule has 0 atom stereocenters. The first-order valence-electron chi connectivity index (χ1n) is 7.15. The van der Waals surface area contributed by atoms with Crippen molar-refractivity contribution < 1.29 is 0 Å². The number of rotatable bonds is 4. The molecule has 0 saturated heterocycles. The molecule has 3 aromatic rings. The van der Waals surface area contributed by atoms with E-state index < -0.39 is 0 Å². The van der Waals surface area contributed by atoms with E-state index in [2.05, 4.69) is 48.3 Å². The van der Waals surface area contributed by atoms with Gasteiger partial charge in [0.15, 0.2) is 0 Å². The highest BCUT2D eigenvalue weighted by Gasteiger charge is 2.12. The van der Waals surface area contributed by atoms with Crippen molar-refractivity contribution in [1.29, 1.82) is 0 Å². The molecule has 0 unspecified atom stereocenters. The number of nitrogens with one attached hydrogen (secondary N) is 1. The van der Waals surface area contributed by atoms with Crippen LogP contribution in [-0.4, -0.2) is 4.98 Å². The topological polar surface area (TPSA) is 15.8 Å². The van der Waals surface area contributed by atoms with Gasteiger partial charge in [-0.15, -0.1) is 0 Å². The van der Waals surface area contributed by atoms with Gasteiger partial charge in [-0.1, -0.05) is 55.3 Å². The summed E-state index contributed by atoms with van der Waals surface area (Å²) in [7, 11) is 0. The fourth-order valence-corrected chi connectivity index (χ4v) is 2.81. The number of hydrogen-bond donors (Lipinski definition) is 1. The van der Waals surface area contributed by atoms with Gasteiger partial charge >= 0.3 is 0 Å². The highest BCUT2D eigenvalue weighted by molar-refractivity contribution is 6.30. The molecule has 1 nitrogen and oxygen atoms in total. The van der Waals surface area contributed by atoms with Crippen molar-refractivity contribution in [2.45, 2.75) is 26.2 Å². The Morgan fingerprint density at radius 2 is 1.75 bits per heavy atom. The van der Waals surface area contributed by atoms with Crippen molar-refractivity contribution in [2.75, 3.05) is 0 Å². The fraction of sp³-hybridized carbons (Fsp3) is 0.222. The number of para-hydroxylation sites is 1. The van der Waals surface area contributed by atoms with E-state index in [4.69, 9.17) is 11.6 Å². The van der Waals surface area contributed by atoms with Crippen molar-refractivity contribution >= 4 is 22.5 Å². The Morgan fingerprint density at radius 1 is 1.00 bits per heavy atom. The zero-order valence-electron chi connectivity index (χ0n) is 11.6. The summed E-state index contributed by atoms with van der Waals surface area (Å²) in [4.78, 5) is 3.58. The third-order valence-electron chi connectivity index (χ3n) is 3.70. The van der Waals surface area contributed by atoms with Crippen molar-refractivity contribution in [3.63, 3.8) is 0 Å². The van der Waals surface area contributed by atoms with Crippen LogP contribution in [0.2, 0.25) is 5.02 Å². The predicted octanol–water partition coefficient (Wildman–Crippen LogP) is 5.83. The van der Waals surface area contributed by atoms with E-state index in [9.17, 15) is 0 Å². The van der Waals surface area contributed by atoms with Crippen LogP contribution in [0.5, 0.6) is 0 Å². The first-order valence-corrected chi connectivity index (χ1v) is 7.53. The summed E-state index contributed by atoms with van der Waals surface area (Å²) in [6.07, 6.45) is 3.49. The normalized spacial score (nSPS) is 11.1. The highest BCUT2D eigenvalue weighted by Crippen LogP contribution is 2.33. The molecule has 0 aliphatic heterocycles. The summed E-state index contributed by atoms with van der Waals surface area (Å²) in [5, 5.41) is 2.07. The van der Waals surface area contributed by atoms with Crippen LogP contribution in [0.1, 0.15) is 25.5 Å². The summed E-state index contributed by atoms with van der Waals surface area (Å²) < 4.78 is 0. The van der Waals surface area contributed by atoms with E-state index in [1.54, 1.807) is 0 Å². The molecular formula is C18H18ClN. The van der Waals surface area contributed by atoms with Crippen LogP contribution in [0.15, 0.2) is 48.5 Å². The second kappa shape index (κ2) is 5.72. The van der Waals surface area contributed by atoms with Crippen molar-refractivity contribution in [3.05, 3.63) is 59.2 Å². The minimum absolute atomic E-state index is 0.781. The number of hydrogen-bond acceptors (Lipinski definition) is 0. The van der Waals surface area contributed by atoms with Gasteiger partial charge in [0, 0.05) is 27.2 Å². The summed E-state index contributed by atoms with van der Waals surface area (Å²) in [6, 6.07) is 16.6. The van der Waals surface area contributed by atoms with Crippen LogP contribution >= 0.6 is 11.6 Å². The molecule has 3 rings (SSSR count). The SMILES string of the molecule is CCCCc1[nH]c2ccccc2c1-c1ccc(Cl)cc1. The molecule has 0 radical (unpaired) electrons. The maximum Gasteiger partial charge on any atom is 0.0462 e. The van der Waals surface area contributed by atoms with Crippen molar-refractivity contribution in [2.24, 2.45) is 0 Å². The zero-order chi connectivity index (χ0) is 13.9. The van der Waals surface area contributed by atoms with Gasteiger partial charge in [0.05, 0.1) is 0 Å². The predicted molar refractivity (Wildman–Crippen MR) is 87.4 cm³/mol. The highest BCUT2D eigenvalue weighted by atomic mass is 35.5. The lowest BCUT2D eigenvalue weighted by atomic mass is 10.00. The molecule has 1 N–H and O–H groups in total. The Labute approximate surface area is 124 Å². The van der Waals surface area contributed by atoms with Gasteiger partial charge in [0.25, 0.3) is 0 Å². The third kappa shape index (κ3) is 2.46. The molecule has 0 spiro atoms. The molecule has 0 bridgehead atoms. The Kier molecular flexibility index (Phi) is 3.79. The molecule has 1 aromatic heterocycles. The Morgan fingerprint density at radius 3 is 2.50 bits per heavy atom. The third-order valence-corrected chi connectivity index (χ3v) is 3.95. The molecule has 0 fully saturated rings. The summed E-state index contributed by atoms with van der Waals surface area (Å²) in [5.41, 5.74) is 5.10. The van der Waals surface area contributed by atoms with E-state index in [-0.39, 0.29) is 0 Å². The largest absolute Gasteiger partial charge is 0.358 e. The van der Waals surface area contributed by atoms with Gasteiger partial charge in [0.1, 0.15) is 0 Å². The maximum absolute atomic E-state index is 6.01. The number of aromatic amines is 1. The average molecular weight is 284 g/mol. The van der Waals surface area contributed by atoms with Gasteiger partial charge in [0.2, 0.25) is 0 Å². The van der Waals surface area contributed by atoms with Gasteiger partial charge in [-0.3, -0.25) is 0 Å². The molecule has 0 saturated carbocycles. The van der Waals surface area contributed by atoms with Crippen molar-refractivity contribution in [3.8, 4) is 11.1 Å². The molecule has 1 heterocycles. The molecule has 0 amide bonds. The minimum atomic E-state index is 0.781. The lowest BCUT2D eigenvalue weighted by Crippen LogP contribution is -1.88. The average Bonchev–Trinajstić information content (AvgIpc) is 2.84. The molecule has 2 aromatic carbocycles. The molecule has 0 aliphatic rings. The number of aryl methyl sites for hydroxylation is 1. The number of fused-ring (bicyclic) bond motifs is 1. The van der Waals surface area contributed by atoms with E-state index in [0.29, 0.717) is 0 Å². The van der Waals surface area contributed by atoms with Gasteiger partial charge in [-0.2, -0.15) is 0 Å². The molecule has 2 heteroatoms. The Balaban J connectivity index is 2.17. The second-order valence-electron chi connectivity index (χ2n) is 5.13. The second-order valence-corrected chi connectivity index (χ2v) is 5.57. The first kappa shape index (κ1) is 13.3. The Hall–Kier alpha value is -1.73. The fourth-order valence-electron chi connectivity index (χ4n) is 2.69. The van der Waals surface area contributed by atoms with E-state index in [1.807, 2.05) is 12.1 Å². The summed E-state index contributed by atoms with van der Waals surface area (Å²) >= 11 is 6.01. The van der Waals surface area contributed by atoms with E-state index in [0.717, 1.165) is 11.4 Å². The standard InChI is InChI=1S/C18H18ClN/c1-2-3-7-17-18(13-9-11-14(19)12-10-13)15-6-4-5-8-16(15)20-17/h4-6,8-12,20H,2-3,7H2,1H3. The molecule has 102 valence electrons. The molecule has 20 heavy (non-hydrogen) atoms. The van der Waals surface area contributed by atoms with Gasteiger partial charge in [-0.05, 0) is 36.6 Å². The van der Waals surface area contributed by atoms with E-state index in [1.165, 1.54) is 40.6 Å². The Bertz CT molecular complexity index is 710. The number of aromatic nitrogens is 1. The van der Waals surface area contributed by atoms with Crippen LogP contribution in [0, 0.1) is 0 Å². The number of halogens is 1. The number of benzene rings is 2. The van der Waals surface area contributed by atoms with Crippen LogP contribution < -0.4 is 0 Å². The van der Waals surface area contributed by atoms with Gasteiger partial charge < -0.3 is 4.98 Å². The maximum atomic E-state index is 6.01. The lowest BCUT2D eigenvalue weighted by molar-refractivity contribution is 0.783. The summed E-state index contributed by atoms with van der Waals surface area (Å²) in [5.74, 6) is 0. The smallest absolute Gasteiger partial charge is 0.0462 e. The first-order chi connectivity index (χ1) is 9.79. The van der Waals surface area contributed by atoms with Crippen molar-refractivity contribution in [1.82, 2.24) is 4.98 Å². The van der Waals surface area contributed by atoms with Crippen LogP contribution in [-0.2, 0) is 6.42 Å². The minimum Gasteiger partial charge on any atom is -0.358 e. The lowest BCUT2D eigenvalue weighted by Gasteiger charge is -2.05. The van der Waals surface area contributed by atoms with E-state index >= 15 is 0 Å². The van der Waals surface area contributed by atoms with Crippen LogP contribution in [0.3, 0.4) is 0 Å². The number of unbranched alkanes of at least 4 members (excludes halogenated alkanes) is 1. The van der Waals surface area contributed by atoms with Crippen LogP contribution in [0.4, 0.5) is 0 Å². The quantitative estimate of drug-likeness (QED) is 0.620. The zero-order valence-corrected chi connectivity index (χ0v) is 12.4. The monoisotopic (exact) mass is 283 g/mol.